The second kappa shape index (κ2) is 4.37. The zero-order valence-corrected chi connectivity index (χ0v) is 8.40. The monoisotopic (exact) mass is 192 g/mol. The highest BCUT2D eigenvalue weighted by molar-refractivity contribution is 5.24. The molecule has 0 saturated carbocycles. The number of hydrogen-bond donors (Lipinski definition) is 2. The molecular weight excluding hydrogens is 176 g/mol. The molecule has 0 spiro atoms. The molecule has 0 bridgehead atoms. The lowest BCUT2D eigenvalue weighted by Gasteiger charge is -2.28. The van der Waals surface area contributed by atoms with Gasteiger partial charge in [0, 0.05) is 24.5 Å². The summed E-state index contributed by atoms with van der Waals surface area (Å²) in [4.78, 5) is 8.31. The van der Waals surface area contributed by atoms with Gasteiger partial charge in [0.15, 0.2) is 0 Å². The molecule has 1 aliphatic heterocycles. The molecule has 0 aliphatic carbocycles. The molecular formula is C10H16N4. The predicted molar refractivity (Wildman–Crippen MR) is 56.1 cm³/mol. The number of nitrogens with one attached hydrogen (secondary N) is 2. The van der Waals surface area contributed by atoms with Gasteiger partial charge in [-0.3, -0.25) is 0 Å². The molecule has 4 nitrogen and oxygen atoms in total. The molecule has 0 aromatic carbocycles. The van der Waals surface area contributed by atoms with Gasteiger partial charge in [-0.2, -0.15) is 0 Å². The Hall–Kier alpha value is -1.16. The van der Waals surface area contributed by atoms with Crippen molar-refractivity contribution in [3.05, 3.63) is 18.5 Å². The van der Waals surface area contributed by atoms with Gasteiger partial charge in [0.05, 0.1) is 0 Å². The molecule has 0 amide bonds. The van der Waals surface area contributed by atoms with Gasteiger partial charge in [0.2, 0.25) is 5.95 Å². The zero-order valence-electron chi connectivity index (χ0n) is 8.40. The van der Waals surface area contributed by atoms with E-state index in [1.54, 1.807) is 12.4 Å². The minimum atomic E-state index is 0.508. The van der Waals surface area contributed by atoms with Crippen LogP contribution in [0.4, 0.5) is 5.95 Å². The minimum Gasteiger partial charge on any atom is -0.351 e. The van der Waals surface area contributed by atoms with Gasteiger partial charge in [-0.1, -0.05) is 0 Å². The lowest BCUT2D eigenvalue weighted by molar-refractivity contribution is 0.395. The molecule has 2 rings (SSSR count). The van der Waals surface area contributed by atoms with Gasteiger partial charge in [0.1, 0.15) is 0 Å². The van der Waals surface area contributed by atoms with Gasteiger partial charge in [-0.05, 0) is 32.4 Å². The van der Waals surface area contributed by atoms with Gasteiger partial charge >= 0.3 is 0 Å². The van der Waals surface area contributed by atoms with E-state index in [9.17, 15) is 0 Å². The number of hydrogen-bond acceptors (Lipinski definition) is 4. The molecule has 2 unspecified atom stereocenters. The van der Waals surface area contributed by atoms with Crippen LogP contribution in [0.5, 0.6) is 0 Å². The number of rotatable bonds is 2. The Bertz CT molecular complexity index is 275. The lowest BCUT2D eigenvalue weighted by Crippen LogP contribution is -2.41. The van der Waals surface area contributed by atoms with Crippen LogP contribution in [0.3, 0.4) is 0 Å². The Morgan fingerprint density at radius 1 is 1.43 bits per heavy atom. The summed E-state index contributed by atoms with van der Waals surface area (Å²) in [6, 6.07) is 2.93. The first-order valence-corrected chi connectivity index (χ1v) is 5.11. The van der Waals surface area contributed by atoms with Crippen LogP contribution in [0.15, 0.2) is 18.5 Å². The summed E-state index contributed by atoms with van der Waals surface area (Å²) in [6.07, 6.45) is 5.81. The third-order valence-corrected chi connectivity index (χ3v) is 2.52. The van der Waals surface area contributed by atoms with Crippen LogP contribution in [0.2, 0.25) is 0 Å². The third kappa shape index (κ3) is 2.42. The number of piperidine rings is 1. The summed E-state index contributed by atoms with van der Waals surface area (Å²) in [5.74, 6) is 0.742. The van der Waals surface area contributed by atoms with E-state index in [1.807, 2.05) is 6.07 Å². The number of aromatic nitrogens is 2. The van der Waals surface area contributed by atoms with Crippen LogP contribution in [0, 0.1) is 0 Å². The fourth-order valence-corrected chi connectivity index (χ4v) is 1.82. The smallest absolute Gasteiger partial charge is 0.222 e. The molecule has 1 aromatic rings. The molecule has 0 radical (unpaired) electrons. The van der Waals surface area contributed by atoms with Crippen LogP contribution in [-0.2, 0) is 0 Å². The van der Waals surface area contributed by atoms with Crippen LogP contribution in [-0.4, -0.2) is 28.6 Å². The summed E-state index contributed by atoms with van der Waals surface area (Å²) < 4.78 is 0. The number of nitrogens with zero attached hydrogens (tertiary/aromatic N) is 2. The van der Waals surface area contributed by atoms with E-state index in [1.165, 1.54) is 0 Å². The van der Waals surface area contributed by atoms with Crippen molar-refractivity contribution >= 4 is 5.95 Å². The second-order valence-corrected chi connectivity index (χ2v) is 3.79. The molecule has 2 heterocycles. The zero-order chi connectivity index (χ0) is 9.80. The fourth-order valence-electron chi connectivity index (χ4n) is 1.82. The highest BCUT2D eigenvalue weighted by atomic mass is 15.1. The maximum Gasteiger partial charge on any atom is 0.222 e. The van der Waals surface area contributed by atoms with Crippen molar-refractivity contribution in [2.45, 2.75) is 31.8 Å². The van der Waals surface area contributed by atoms with Crippen molar-refractivity contribution in [3.63, 3.8) is 0 Å². The summed E-state index contributed by atoms with van der Waals surface area (Å²) in [7, 11) is 0. The molecule has 76 valence electrons. The van der Waals surface area contributed by atoms with E-state index >= 15 is 0 Å². The maximum absolute atomic E-state index is 4.16. The summed E-state index contributed by atoms with van der Waals surface area (Å²) in [5, 5.41) is 6.77. The average molecular weight is 192 g/mol. The van der Waals surface area contributed by atoms with E-state index < -0.39 is 0 Å². The van der Waals surface area contributed by atoms with E-state index in [0.717, 1.165) is 25.3 Å². The van der Waals surface area contributed by atoms with Crippen molar-refractivity contribution in [1.82, 2.24) is 15.3 Å². The topological polar surface area (TPSA) is 49.8 Å². The minimum absolute atomic E-state index is 0.508. The first-order chi connectivity index (χ1) is 6.84. The Morgan fingerprint density at radius 3 is 2.93 bits per heavy atom. The van der Waals surface area contributed by atoms with Crippen LogP contribution in [0.1, 0.15) is 19.8 Å². The Balaban J connectivity index is 1.91. The van der Waals surface area contributed by atoms with Crippen molar-refractivity contribution in [3.8, 4) is 0 Å². The predicted octanol–water partition coefficient (Wildman–Crippen LogP) is 1.03. The molecule has 4 heteroatoms. The second-order valence-electron chi connectivity index (χ2n) is 3.79. The molecule has 2 N–H and O–H groups in total. The van der Waals surface area contributed by atoms with E-state index in [2.05, 4.69) is 27.5 Å². The van der Waals surface area contributed by atoms with Gasteiger partial charge in [-0.25, -0.2) is 9.97 Å². The molecule has 2 atom stereocenters. The normalized spacial score (nSPS) is 27.2. The lowest BCUT2D eigenvalue weighted by atomic mass is 10.0. The molecule has 1 aromatic heterocycles. The van der Waals surface area contributed by atoms with Crippen molar-refractivity contribution in [2.75, 3.05) is 11.9 Å². The van der Waals surface area contributed by atoms with Gasteiger partial charge in [0.25, 0.3) is 0 Å². The van der Waals surface area contributed by atoms with E-state index in [0.29, 0.717) is 12.1 Å². The van der Waals surface area contributed by atoms with Crippen LogP contribution >= 0.6 is 0 Å². The maximum atomic E-state index is 4.16. The Labute approximate surface area is 84.2 Å². The first-order valence-electron chi connectivity index (χ1n) is 5.11. The molecule has 1 fully saturated rings. The van der Waals surface area contributed by atoms with Crippen LogP contribution in [0.25, 0.3) is 0 Å². The quantitative estimate of drug-likeness (QED) is 0.734. The Morgan fingerprint density at radius 2 is 2.21 bits per heavy atom. The molecule has 14 heavy (non-hydrogen) atoms. The van der Waals surface area contributed by atoms with E-state index in [4.69, 9.17) is 0 Å². The number of anilines is 1. The van der Waals surface area contributed by atoms with Crippen molar-refractivity contribution in [2.24, 2.45) is 0 Å². The fraction of sp³-hybridized carbons (Fsp3) is 0.600. The summed E-state index contributed by atoms with van der Waals surface area (Å²) in [5.41, 5.74) is 0. The SMILES string of the molecule is CC1CC(Nc2ncccn2)CCN1. The summed E-state index contributed by atoms with van der Waals surface area (Å²) >= 11 is 0. The van der Waals surface area contributed by atoms with Crippen molar-refractivity contribution < 1.29 is 0 Å². The highest BCUT2D eigenvalue weighted by Crippen LogP contribution is 2.11. The average Bonchev–Trinajstić information content (AvgIpc) is 2.19. The first kappa shape index (κ1) is 9.40. The third-order valence-electron chi connectivity index (χ3n) is 2.52. The van der Waals surface area contributed by atoms with E-state index in [-0.39, 0.29) is 0 Å². The molecule has 1 saturated heterocycles. The van der Waals surface area contributed by atoms with Crippen LogP contribution < -0.4 is 10.6 Å². The van der Waals surface area contributed by atoms with Crippen molar-refractivity contribution in [1.29, 1.82) is 0 Å². The summed E-state index contributed by atoms with van der Waals surface area (Å²) in [6.45, 7) is 3.28. The largest absolute Gasteiger partial charge is 0.351 e. The van der Waals surface area contributed by atoms with Gasteiger partial charge < -0.3 is 10.6 Å². The Kier molecular flexibility index (Phi) is 2.93. The van der Waals surface area contributed by atoms with Gasteiger partial charge in [-0.15, -0.1) is 0 Å². The standard InChI is InChI=1S/C10H16N4/c1-8-7-9(3-6-11-8)14-10-12-4-2-5-13-10/h2,4-5,8-9,11H,3,6-7H2,1H3,(H,12,13,14). The highest BCUT2D eigenvalue weighted by Gasteiger charge is 2.18. The molecule has 1 aliphatic rings.